The molecule has 1 atom stereocenters. The molecule has 0 saturated heterocycles. The van der Waals surface area contributed by atoms with Gasteiger partial charge >= 0.3 is 58.6 Å². The number of pyridine rings is 6. The van der Waals surface area contributed by atoms with Crippen molar-refractivity contribution in [3.8, 4) is 0 Å². The van der Waals surface area contributed by atoms with Crippen LogP contribution in [0.3, 0.4) is 0 Å². The van der Waals surface area contributed by atoms with E-state index in [1.807, 2.05) is 30.3 Å². The molecule has 3 N–H and O–H groups in total. The first-order valence-corrected chi connectivity index (χ1v) is 29.4. The summed E-state index contributed by atoms with van der Waals surface area (Å²) in [6.07, 6.45) is 9.37. The molecule has 471 valence electrons. The van der Waals surface area contributed by atoms with Crippen LogP contribution in [0.25, 0.3) is 6.08 Å². The molecule has 0 saturated carbocycles. The van der Waals surface area contributed by atoms with Crippen LogP contribution in [-0.2, 0) is 18.9 Å². The second-order valence-electron chi connectivity index (χ2n) is 14.0. The first kappa shape index (κ1) is 100. The predicted molar refractivity (Wildman–Crippen MR) is 359 cm³/mol. The number of carboxylic acid groups (broad SMARTS) is 1. The van der Waals surface area contributed by atoms with Gasteiger partial charge in [0.1, 0.15) is 30.9 Å². The molecule has 17 nitrogen and oxygen atoms in total. The zero-order valence-electron chi connectivity index (χ0n) is 47.7. The van der Waals surface area contributed by atoms with Crippen LogP contribution >= 0.6 is 184 Å². The molecule has 1 amide bonds. The number of aromatic nitrogens is 6. The van der Waals surface area contributed by atoms with E-state index in [0.29, 0.717) is 36.9 Å². The summed E-state index contributed by atoms with van der Waals surface area (Å²) in [5.74, 6) is -1.48. The van der Waals surface area contributed by atoms with Gasteiger partial charge in [-0.25, -0.2) is 49.5 Å². The van der Waals surface area contributed by atoms with Gasteiger partial charge in [-0.15, -0.1) is 0 Å². The van der Waals surface area contributed by atoms with Crippen LogP contribution in [0.4, 0.5) is 0 Å². The minimum Gasteiger partial charge on any atom is -1.00 e. The van der Waals surface area contributed by atoms with Gasteiger partial charge in [0.25, 0.3) is 11.1 Å². The molecule has 0 bridgehead atoms. The number of hydrogen-bond donors (Lipinski definition) is 3. The number of carbonyl (C=O) groups excluding carboxylic acids is 3. The maximum atomic E-state index is 11.5. The van der Waals surface area contributed by atoms with E-state index in [-0.39, 0.29) is 146 Å². The molecule has 0 aliphatic heterocycles. The molecule has 0 aliphatic carbocycles. The van der Waals surface area contributed by atoms with Crippen LogP contribution in [0.5, 0.6) is 0 Å². The van der Waals surface area contributed by atoms with Crippen molar-refractivity contribution in [2.45, 2.75) is 20.0 Å². The molecule has 1 unspecified atom stereocenters. The van der Waals surface area contributed by atoms with Crippen LogP contribution in [0.2, 0.25) is 66.1 Å². The summed E-state index contributed by atoms with van der Waals surface area (Å²) in [6.45, 7) is 6.65. The maximum absolute atomic E-state index is 11.5. The van der Waals surface area contributed by atoms with Crippen molar-refractivity contribution in [3.05, 3.63) is 217 Å². The van der Waals surface area contributed by atoms with Crippen LogP contribution in [0.15, 0.2) is 110 Å². The van der Waals surface area contributed by atoms with Gasteiger partial charge < -0.3 is 36.3 Å². The Hall–Kier alpha value is -1.11. The molecule has 3 radical (unpaired) electrons. The molecule has 7 rings (SSSR count). The fraction of sp³-hybridized carbons (Fsp3) is 0.140. The van der Waals surface area contributed by atoms with Crippen molar-refractivity contribution in [2.24, 2.45) is 0 Å². The van der Waals surface area contributed by atoms with Crippen molar-refractivity contribution in [1.82, 2.24) is 40.4 Å². The van der Waals surface area contributed by atoms with E-state index in [2.05, 4.69) is 68.2 Å². The molecule has 88 heavy (non-hydrogen) atoms. The van der Waals surface area contributed by atoms with Crippen molar-refractivity contribution < 1.29 is 86.7 Å². The van der Waals surface area contributed by atoms with Crippen LogP contribution in [0.1, 0.15) is 73.9 Å². The SMILES string of the molecule is C=Cc1cnc(Cl)c(Cl)c1.CC(=O)c1cnc(Cl)c(Cl)c1.CC(O)c1cnc(Cl)c(Cl)c1.CNOC.CON(C)C(=O)c1cnc(Cl)c(Cl)c1.Clc1ccccc1.O=C(Cl)c1cnc(Cl)c(Cl)c1.O=C(O)c1cnc(Cl)c(Cl)c1.O=S(Cl)Cl.[B].[CH3-].[Cl-].[H-].[Mg+2].[Na+]. The molecule has 38 heteroatoms. The Kier molecular flexibility index (Phi) is 65.4. The Morgan fingerprint density at radius 1 is 0.636 bits per heavy atom. The van der Waals surface area contributed by atoms with Gasteiger partial charge in [-0.1, -0.05) is 182 Å². The fourth-order valence-electron chi connectivity index (χ4n) is 4.11. The second-order valence-corrected chi connectivity index (χ2v) is 21.9. The quantitative estimate of drug-likeness (QED) is 0.0320. The van der Waals surface area contributed by atoms with E-state index in [4.69, 9.17) is 182 Å². The Balaban J connectivity index is -0.000000139. The monoisotopic (exact) mass is 1590 g/mol. The summed E-state index contributed by atoms with van der Waals surface area (Å²) < 4.78 is 9.09. The summed E-state index contributed by atoms with van der Waals surface area (Å²) in [7, 11) is 13.5. The largest absolute Gasteiger partial charge is 2.00 e. The van der Waals surface area contributed by atoms with Crippen molar-refractivity contribution in [1.29, 1.82) is 0 Å². The van der Waals surface area contributed by atoms with Gasteiger partial charge in [-0.2, -0.15) is 0 Å². The van der Waals surface area contributed by atoms with E-state index in [0.717, 1.165) is 21.8 Å². The summed E-state index contributed by atoms with van der Waals surface area (Å²) in [4.78, 5) is 74.4. The van der Waals surface area contributed by atoms with Gasteiger partial charge in [0, 0.05) is 97.2 Å². The van der Waals surface area contributed by atoms with E-state index < -0.39 is 26.5 Å². The fourth-order valence-corrected chi connectivity index (χ4v) is 5.99. The number of aliphatic hydroxyl groups is 1. The van der Waals surface area contributed by atoms with E-state index in [1.54, 1.807) is 45.5 Å². The van der Waals surface area contributed by atoms with Gasteiger partial charge in [0.05, 0.1) is 67.1 Å². The number of carbonyl (C=O) groups is 4. The molecule has 0 spiro atoms. The number of carboxylic acids is 1. The number of aromatic carboxylic acids is 1. The second kappa shape index (κ2) is 57.3. The zero-order chi connectivity index (χ0) is 64.1. The Morgan fingerprint density at radius 2 is 0.955 bits per heavy atom. The van der Waals surface area contributed by atoms with Crippen LogP contribution < -0.4 is 47.4 Å². The summed E-state index contributed by atoms with van der Waals surface area (Å²) >= 11 is 77.5. The summed E-state index contributed by atoms with van der Waals surface area (Å²) in [5.41, 5.74) is 5.03. The molecule has 6 aromatic heterocycles. The average Bonchev–Trinajstić information content (AvgIpc) is 3.44. The molecule has 0 fully saturated rings. The zero-order valence-corrected chi connectivity index (χ0v) is 63.8. The van der Waals surface area contributed by atoms with Crippen LogP contribution in [-0.4, -0.2) is 132 Å². The number of ketones is 1. The van der Waals surface area contributed by atoms with Gasteiger partial charge in [-0.05, 0) is 79.5 Å². The standard InChI is InChI=1S/C8H8Cl2N2O2.C7H7Cl2NO.C7H5Cl2NO.C7H5Cl2N.C6H2Cl3NO.C6H3Cl2NO2.C6H5Cl.C2H7NO.CH3.B.Cl2OS.ClH.Mg.Na.H/c1-12(14-2)8(13)5-3-6(9)7(10)11-4-5;2*1-4(11)5-2-6(8)7(9)10-3-5;1-2-5-3-6(8)7(9)10-4-5;7-4-1-3(6(9)11)2-10-5(4)8;7-4-1-3(6(10)11)2-9-5(4)8;7-6-4-2-1-3-5-6;1-3-4-2;;;1-4(2)3;;;;/h3-4H,1-2H3;2-4,11H,1H3;2-3H,1H3;2-4H,1H2;1-2H;1-2H,(H,10,11);1-5H;3H,1-2H3;1H3;;;1H;;;/q;;;;;;;;-1;;;;+2;+1;-1/p-1. The van der Waals surface area contributed by atoms with Gasteiger partial charge in [0.15, 0.2) is 5.78 Å². The number of hydroxylamine groups is 3. The minimum absolute atomic E-state index is 0. The number of hydrogen-bond acceptors (Lipinski definition) is 15. The average molecular weight is 1600 g/mol. The van der Waals surface area contributed by atoms with Crippen molar-refractivity contribution in [3.63, 3.8) is 0 Å². The minimum atomic E-state index is -1.67. The first-order chi connectivity index (χ1) is 38.8. The third-order valence-electron chi connectivity index (χ3n) is 8.16. The topological polar surface area (TPSA) is 237 Å². The van der Waals surface area contributed by atoms with E-state index in [9.17, 15) is 19.2 Å². The molecular weight excluding hydrogens is 1550 g/mol. The number of Topliss-reactive ketones (excluding diaryl/α,β-unsaturated/α-hetero) is 1. The number of aliphatic hydroxyl groups excluding tert-OH is 1. The summed E-state index contributed by atoms with van der Waals surface area (Å²) in [5, 5.41) is 21.8. The number of rotatable bonds is 8. The Labute approximate surface area is 638 Å². The smallest absolute Gasteiger partial charge is 1.00 e. The normalized spacial score (nSPS) is 9.36. The number of nitrogens with one attached hydrogen (secondary N) is 1. The molecule has 7 aromatic rings. The third kappa shape index (κ3) is 46.1. The summed E-state index contributed by atoms with van der Waals surface area (Å²) in [6, 6.07) is 18.3. The Bertz CT molecular complexity index is 3090. The van der Waals surface area contributed by atoms with Crippen molar-refractivity contribution in [2.75, 3.05) is 28.3 Å². The number of amides is 1. The van der Waals surface area contributed by atoms with E-state index >= 15 is 0 Å². The number of halogens is 17. The van der Waals surface area contributed by atoms with Gasteiger partial charge in [-0.3, -0.25) is 19.2 Å². The predicted octanol–water partition coefficient (Wildman–Crippen LogP) is 11.9. The Morgan fingerprint density at radius 3 is 1.25 bits per heavy atom. The van der Waals surface area contributed by atoms with Gasteiger partial charge in [0.2, 0.25) is 9.23 Å². The molecular formula is C50H46BCl17MgN8NaO9S. The first-order valence-electron chi connectivity index (χ1n) is 21.4. The molecule has 0 aliphatic rings. The number of benzene rings is 1. The van der Waals surface area contributed by atoms with Crippen LogP contribution in [0, 0.1) is 7.43 Å². The molecule has 6 heterocycles. The molecule has 1 aromatic carbocycles. The third-order valence-corrected chi connectivity index (χ3v) is 12.7. The maximum Gasteiger partial charge on any atom is 2.00 e. The van der Waals surface area contributed by atoms with E-state index in [1.165, 1.54) is 70.1 Å². The number of nitrogens with zero attached hydrogens (tertiary/aromatic N) is 7. The van der Waals surface area contributed by atoms with Crippen molar-refractivity contribution >= 4 is 253 Å².